The van der Waals surface area contributed by atoms with Crippen LogP contribution in [0.3, 0.4) is 0 Å². The van der Waals surface area contributed by atoms with Crippen LogP contribution in [0.4, 0.5) is 0 Å². The Hall–Kier alpha value is -1.42. The molecule has 1 saturated heterocycles. The number of nitrogens with zero attached hydrogens (tertiary/aromatic N) is 2. The first kappa shape index (κ1) is 20.9. The summed E-state index contributed by atoms with van der Waals surface area (Å²) in [6.07, 6.45) is 3.55. The topological polar surface area (TPSA) is 84.0 Å². The predicted molar refractivity (Wildman–Crippen MR) is 101 cm³/mol. The maximum atomic E-state index is 12.8. The maximum Gasteiger partial charge on any atom is 0.345 e. The standard InChI is InChI=1S/C17H26N2O5S2/c1-3-9-19(11-4-10-18-12-14-24-15-13-18)26(22,23)25(20,21)17-7-5-16(2)6-8-17/h4-8,11H,3,9-10,12-15H2,1-2H3/b11-4+. The molecule has 0 bridgehead atoms. The molecule has 0 unspecified atom stereocenters. The zero-order chi connectivity index (χ0) is 19.2. The van der Waals surface area contributed by atoms with Crippen molar-refractivity contribution in [2.45, 2.75) is 25.2 Å². The second-order valence-corrected chi connectivity index (χ2v) is 11.4. The molecule has 0 amide bonds. The minimum Gasteiger partial charge on any atom is -0.379 e. The molecule has 0 spiro atoms. The average molecular weight is 403 g/mol. The van der Waals surface area contributed by atoms with Gasteiger partial charge >= 0.3 is 9.06 Å². The van der Waals surface area contributed by atoms with Crippen molar-refractivity contribution in [2.75, 3.05) is 39.4 Å². The first-order chi connectivity index (χ1) is 12.3. The monoisotopic (exact) mass is 402 g/mol. The zero-order valence-electron chi connectivity index (χ0n) is 15.2. The number of benzene rings is 1. The van der Waals surface area contributed by atoms with Crippen LogP contribution in [0.1, 0.15) is 18.9 Å². The summed E-state index contributed by atoms with van der Waals surface area (Å²) in [4.78, 5) is 1.90. The quantitative estimate of drug-likeness (QED) is 0.614. The molecule has 1 aliphatic rings. The second-order valence-electron chi connectivity index (χ2n) is 6.13. The van der Waals surface area contributed by atoms with Gasteiger partial charge in [-0.05, 0) is 25.5 Å². The van der Waals surface area contributed by atoms with Gasteiger partial charge in [-0.2, -0.15) is 8.42 Å². The molecule has 1 aliphatic heterocycles. The third-order valence-corrected chi connectivity index (χ3v) is 9.16. The maximum absolute atomic E-state index is 12.8. The molecule has 0 saturated carbocycles. The Morgan fingerprint density at radius 2 is 1.73 bits per heavy atom. The minimum atomic E-state index is -4.56. The largest absolute Gasteiger partial charge is 0.379 e. The molecular weight excluding hydrogens is 376 g/mol. The number of aryl methyl sites for hydroxylation is 1. The highest BCUT2D eigenvalue weighted by Crippen LogP contribution is 2.22. The van der Waals surface area contributed by atoms with E-state index in [4.69, 9.17) is 4.74 Å². The van der Waals surface area contributed by atoms with E-state index in [2.05, 4.69) is 4.90 Å². The van der Waals surface area contributed by atoms with Crippen LogP contribution in [0.5, 0.6) is 0 Å². The van der Waals surface area contributed by atoms with Gasteiger partial charge in [0.1, 0.15) is 0 Å². The van der Waals surface area contributed by atoms with Gasteiger partial charge in [-0.3, -0.25) is 9.21 Å². The highest BCUT2D eigenvalue weighted by molar-refractivity contribution is 8.66. The molecule has 146 valence electrons. The van der Waals surface area contributed by atoms with Crippen LogP contribution in [-0.4, -0.2) is 65.4 Å². The number of hydrogen-bond acceptors (Lipinski definition) is 6. The highest BCUT2D eigenvalue weighted by Gasteiger charge is 2.36. The first-order valence-corrected chi connectivity index (χ1v) is 12.0. The van der Waals surface area contributed by atoms with Crippen molar-refractivity contribution in [1.29, 1.82) is 0 Å². The third kappa shape index (κ3) is 4.85. The molecule has 1 heterocycles. The summed E-state index contributed by atoms with van der Waals surface area (Å²) in [5.41, 5.74) is 0.858. The van der Waals surface area contributed by atoms with Gasteiger partial charge in [0, 0.05) is 32.4 Å². The summed E-state index contributed by atoms with van der Waals surface area (Å²) in [5.74, 6) is 0. The lowest BCUT2D eigenvalue weighted by molar-refractivity contribution is 0.0433. The Labute approximate surface area is 155 Å². The second kappa shape index (κ2) is 8.98. The smallest absolute Gasteiger partial charge is 0.345 e. The molecule has 1 aromatic rings. The van der Waals surface area contributed by atoms with E-state index in [1.165, 1.54) is 18.3 Å². The zero-order valence-corrected chi connectivity index (χ0v) is 16.8. The van der Waals surface area contributed by atoms with Crippen LogP contribution < -0.4 is 0 Å². The van der Waals surface area contributed by atoms with Gasteiger partial charge < -0.3 is 4.74 Å². The molecule has 0 aliphatic carbocycles. The summed E-state index contributed by atoms with van der Waals surface area (Å²) in [5, 5.41) is 0. The van der Waals surface area contributed by atoms with Crippen LogP contribution in [0.25, 0.3) is 0 Å². The van der Waals surface area contributed by atoms with Gasteiger partial charge in [-0.25, -0.2) is 8.42 Å². The molecule has 0 aromatic heterocycles. The summed E-state index contributed by atoms with van der Waals surface area (Å²) in [6.45, 7) is 7.09. The number of rotatable bonds is 8. The fourth-order valence-electron chi connectivity index (χ4n) is 2.53. The molecule has 26 heavy (non-hydrogen) atoms. The molecule has 9 heteroatoms. The normalized spacial score (nSPS) is 16.8. The minimum absolute atomic E-state index is 0.104. The highest BCUT2D eigenvalue weighted by atomic mass is 33.2. The number of ether oxygens (including phenoxy) is 1. The van der Waals surface area contributed by atoms with Crippen LogP contribution in [-0.2, 0) is 22.7 Å². The summed E-state index contributed by atoms with van der Waals surface area (Å²) < 4.78 is 57.0. The molecule has 0 N–H and O–H groups in total. The van der Waals surface area contributed by atoms with E-state index in [1.54, 1.807) is 25.1 Å². The number of morpholine rings is 1. The van der Waals surface area contributed by atoms with Crippen molar-refractivity contribution >= 4 is 17.9 Å². The summed E-state index contributed by atoms with van der Waals surface area (Å²) >= 11 is 0. The van der Waals surface area contributed by atoms with E-state index in [0.717, 1.165) is 23.0 Å². The fraction of sp³-hybridized carbons (Fsp3) is 0.529. The van der Waals surface area contributed by atoms with Crippen LogP contribution in [0, 0.1) is 6.92 Å². The Balaban J connectivity index is 2.21. The van der Waals surface area contributed by atoms with E-state index in [9.17, 15) is 16.8 Å². The Kier molecular flexibility index (Phi) is 7.22. The van der Waals surface area contributed by atoms with E-state index in [0.29, 0.717) is 26.2 Å². The van der Waals surface area contributed by atoms with Gasteiger partial charge in [0.2, 0.25) is 0 Å². The Morgan fingerprint density at radius 1 is 1.12 bits per heavy atom. The van der Waals surface area contributed by atoms with Crippen molar-refractivity contribution in [3.05, 3.63) is 42.1 Å². The third-order valence-electron chi connectivity index (χ3n) is 4.06. The lowest BCUT2D eigenvalue weighted by Crippen LogP contribution is -2.37. The van der Waals surface area contributed by atoms with Gasteiger partial charge in [0.25, 0.3) is 8.87 Å². The predicted octanol–water partition coefficient (Wildman–Crippen LogP) is 1.57. The van der Waals surface area contributed by atoms with Crippen LogP contribution >= 0.6 is 0 Å². The molecular formula is C17H26N2O5S2. The molecule has 7 nitrogen and oxygen atoms in total. The Bertz CT molecular complexity index is 811. The molecule has 1 aromatic carbocycles. The van der Waals surface area contributed by atoms with Crippen molar-refractivity contribution < 1.29 is 21.6 Å². The molecule has 1 fully saturated rings. The molecule has 0 radical (unpaired) electrons. The van der Waals surface area contributed by atoms with Crippen molar-refractivity contribution in [3.63, 3.8) is 0 Å². The van der Waals surface area contributed by atoms with Crippen LogP contribution in [0.2, 0.25) is 0 Å². The Morgan fingerprint density at radius 3 is 2.31 bits per heavy atom. The van der Waals surface area contributed by atoms with Gasteiger partial charge in [0.05, 0.1) is 18.1 Å². The first-order valence-electron chi connectivity index (χ1n) is 8.59. The van der Waals surface area contributed by atoms with Crippen molar-refractivity contribution in [3.8, 4) is 0 Å². The average Bonchev–Trinajstić information content (AvgIpc) is 2.62. The molecule has 0 atom stereocenters. The van der Waals surface area contributed by atoms with Crippen LogP contribution in [0.15, 0.2) is 41.4 Å². The van der Waals surface area contributed by atoms with Gasteiger partial charge in [-0.15, -0.1) is 0 Å². The van der Waals surface area contributed by atoms with E-state index < -0.39 is 17.9 Å². The van der Waals surface area contributed by atoms with E-state index >= 15 is 0 Å². The lowest BCUT2D eigenvalue weighted by atomic mass is 10.2. The summed E-state index contributed by atoms with van der Waals surface area (Å²) in [7, 11) is -9.07. The van der Waals surface area contributed by atoms with E-state index in [1.807, 2.05) is 6.92 Å². The van der Waals surface area contributed by atoms with Crippen molar-refractivity contribution in [2.24, 2.45) is 0 Å². The van der Waals surface area contributed by atoms with E-state index in [-0.39, 0.29) is 11.4 Å². The number of hydrogen-bond donors (Lipinski definition) is 0. The molecule has 2 rings (SSSR count). The SMILES string of the molecule is CCCN(/C=C/CN1CCOCC1)S(=O)(=O)S(=O)(=O)c1ccc(C)cc1. The lowest BCUT2D eigenvalue weighted by Gasteiger charge is -2.25. The fourth-order valence-corrected chi connectivity index (χ4v) is 6.33. The van der Waals surface area contributed by atoms with Crippen molar-refractivity contribution in [1.82, 2.24) is 9.21 Å². The van der Waals surface area contributed by atoms with Gasteiger partial charge in [0.15, 0.2) is 0 Å². The summed E-state index contributed by atoms with van der Waals surface area (Å²) in [6, 6.07) is 5.81. The van der Waals surface area contributed by atoms with Gasteiger partial charge in [-0.1, -0.05) is 30.7 Å².